The summed E-state index contributed by atoms with van der Waals surface area (Å²) in [5.41, 5.74) is -0.0481. The third-order valence-electron chi connectivity index (χ3n) is 11.0. The number of fused-ring (bicyclic) bond motifs is 1. The Bertz CT molecular complexity index is 2680. The van der Waals surface area contributed by atoms with E-state index in [0.29, 0.717) is 49.8 Å². The molecule has 1 saturated carbocycles. The number of nitrogens with one attached hydrogen (secondary N) is 4. The number of oxazole rings is 1. The van der Waals surface area contributed by atoms with Crippen LogP contribution in [0.25, 0.3) is 17.1 Å². The Morgan fingerprint density at radius 3 is 2.42 bits per heavy atom. The van der Waals surface area contributed by atoms with Crippen molar-refractivity contribution in [2.45, 2.75) is 44.4 Å². The monoisotopic (exact) mass is 928 g/mol. The third-order valence-corrected chi connectivity index (χ3v) is 11.0. The van der Waals surface area contributed by atoms with Crippen LogP contribution in [0.4, 0.5) is 35.2 Å². The molecule has 3 aliphatic rings. The van der Waals surface area contributed by atoms with Crippen LogP contribution in [0.5, 0.6) is 0 Å². The van der Waals surface area contributed by atoms with Gasteiger partial charge >= 0.3 is 12.3 Å². The molecular formula is C44H43F3N10O10. The minimum atomic E-state index is -4.91. The first-order valence-corrected chi connectivity index (χ1v) is 21.2. The van der Waals surface area contributed by atoms with Crippen LogP contribution in [0.1, 0.15) is 68.1 Å². The van der Waals surface area contributed by atoms with Gasteiger partial charge in [-0.3, -0.25) is 39.1 Å². The highest BCUT2D eigenvalue weighted by Gasteiger charge is 2.45. The Morgan fingerprint density at radius 1 is 0.940 bits per heavy atom. The number of carbonyl (C=O) groups excluding carboxylic acids is 5. The summed E-state index contributed by atoms with van der Waals surface area (Å²) in [5.74, 6) is -2.99. The second-order valence-electron chi connectivity index (χ2n) is 15.7. The van der Waals surface area contributed by atoms with Gasteiger partial charge in [0.1, 0.15) is 18.1 Å². The molecule has 8 rings (SSSR count). The van der Waals surface area contributed by atoms with E-state index in [-0.39, 0.29) is 67.0 Å². The lowest BCUT2D eigenvalue weighted by Crippen LogP contribution is -2.54. The third kappa shape index (κ3) is 10.8. The van der Waals surface area contributed by atoms with E-state index in [1.54, 1.807) is 36.4 Å². The molecule has 5 aromatic rings. The minimum Gasteiger partial charge on any atom is -0.465 e. The van der Waals surface area contributed by atoms with Crippen LogP contribution in [-0.2, 0) is 31.8 Å². The Balaban J connectivity index is 0.752. The summed E-state index contributed by atoms with van der Waals surface area (Å²) < 4.78 is 60.0. The molecule has 0 spiro atoms. The van der Waals surface area contributed by atoms with Gasteiger partial charge in [-0.15, -0.1) is 0 Å². The lowest BCUT2D eigenvalue weighted by atomic mass is 10.0. The van der Waals surface area contributed by atoms with Gasteiger partial charge in [-0.05, 0) is 67.1 Å². The Hall–Kier alpha value is -7.50. The molecule has 23 heteroatoms. The van der Waals surface area contributed by atoms with E-state index in [2.05, 4.69) is 36.3 Å². The molecule has 3 aromatic heterocycles. The largest absolute Gasteiger partial charge is 0.465 e. The molecule has 5 N–H and O–H groups in total. The van der Waals surface area contributed by atoms with Gasteiger partial charge in [0.05, 0.1) is 55.1 Å². The van der Waals surface area contributed by atoms with Crippen molar-refractivity contribution in [1.29, 1.82) is 0 Å². The zero-order chi connectivity index (χ0) is 47.2. The molecule has 2 fully saturated rings. The van der Waals surface area contributed by atoms with Gasteiger partial charge in [0.15, 0.2) is 11.4 Å². The maximum Gasteiger partial charge on any atom is 0.437 e. The van der Waals surface area contributed by atoms with E-state index < -0.39 is 59.2 Å². The van der Waals surface area contributed by atoms with Gasteiger partial charge in [0, 0.05) is 50.0 Å². The number of imide groups is 2. The molecule has 1 atom stereocenters. The first-order chi connectivity index (χ1) is 32.2. The average molecular weight is 929 g/mol. The number of aromatic nitrogens is 4. The maximum absolute atomic E-state index is 14.1. The van der Waals surface area contributed by atoms with Crippen molar-refractivity contribution in [1.82, 2.24) is 35.3 Å². The predicted molar refractivity (Wildman–Crippen MR) is 229 cm³/mol. The second-order valence-corrected chi connectivity index (χ2v) is 15.7. The topological polar surface area (TPSA) is 252 Å². The Labute approximate surface area is 378 Å². The van der Waals surface area contributed by atoms with Gasteiger partial charge in [-0.1, -0.05) is 18.2 Å². The molecule has 1 unspecified atom stereocenters. The van der Waals surface area contributed by atoms with Crippen molar-refractivity contribution >= 4 is 52.8 Å². The zero-order valence-corrected chi connectivity index (χ0v) is 35.5. The highest BCUT2D eigenvalue weighted by Crippen LogP contribution is 2.36. The first kappa shape index (κ1) is 46.0. The number of carboxylic acid groups (broad SMARTS) is 1. The predicted octanol–water partition coefficient (Wildman–Crippen LogP) is 4.72. The van der Waals surface area contributed by atoms with E-state index in [0.717, 1.165) is 45.3 Å². The minimum absolute atomic E-state index is 0.0279. The van der Waals surface area contributed by atoms with Gasteiger partial charge < -0.3 is 34.9 Å². The van der Waals surface area contributed by atoms with Gasteiger partial charge in [0.25, 0.3) is 17.7 Å². The molecule has 0 radical (unpaired) electrons. The number of amides is 6. The van der Waals surface area contributed by atoms with Gasteiger partial charge in [-0.2, -0.15) is 18.3 Å². The highest BCUT2D eigenvalue weighted by atomic mass is 19.4. The molecule has 67 heavy (non-hydrogen) atoms. The quantitative estimate of drug-likeness (QED) is 0.0523. The first-order valence-electron chi connectivity index (χ1n) is 21.2. The number of hydrogen-bond donors (Lipinski definition) is 5. The van der Waals surface area contributed by atoms with Crippen LogP contribution in [-0.4, -0.2) is 117 Å². The SMILES string of the molecule is O=C1CCC(N2C(=O)c3cccc(NCCOCCOCCNCc4ccc(-n5cc(NC(=O)c6coc(-c7ccnc(N(CC8CC8)C(=O)O)c7)n6)c(C(F)(F)F)n5)cc4)c3C2=O)C(=O)N1. The van der Waals surface area contributed by atoms with E-state index in [9.17, 15) is 47.0 Å². The van der Waals surface area contributed by atoms with Crippen LogP contribution in [0.2, 0.25) is 0 Å². The van der Waals surface area contributed by atoms with E-state index >= 15 is 0 Å². The number of carbonyl (C=O) groups is 6. The lowest BCUT2D eigenvalue weighted by molar-refractivity contribution is -0.140. The maximum atomic E-state index is 14.1. The fourth-order valence-corrected chi connectivity index (χ4v) is 7.42. The summed E-state index contributed by atoms with van der Waals surface area (Å²) in [6.07, 6.45) is -0.775. The smallest absolute Gasteiger partial charge is 0.437 e. The van der Waals surface area contributed by atoms with Crippen molar-refractivity contribution in [3.63, 3.8) is 0 Å². The molecule has 350 valence electrons. The molecule has 2 aromatic carbocycles. The van der Waals surface area contributed by atoms with Crippen molar-refractivity contribution in [2.24, 2.45) is 5.92 Å². The van der Waals surface area contributed by atoms with E-state index in [4.69, 9.17) is 13.9 Å². The average Bonchev–Trinajstić information content (AvgIpc) is 3.68. The summed E-state index contributed by atoms with van der Waals surface area (Å²) in [5, 5.41) is 24.1. The van der Waals surface area contributed by atoms with Crippen molar-refractivity contribution < 1.29 is 60.9 Å². The van der Waals surface area contributed by atoms with E-state index in [1.165, 1.54) is 24.4 Å². The van der Waals surface area contributed by atoms with Crippen LogP contribution in [0.15, 0.2) is 77.7 Å². The number of halogens is 3. The lowest BCUT2D eigenvalue weighted by Gasteiger charge is -2.27. The number of rotatable bonds is 20. The van der Waals surface area contributed by atoms with Crippen LogP contribution in [0.3, 0.4) is 0 Å². The summed E-state index contributed by atoms with van der Waals surface area (Å²) in [4.78, 5) is 85.5. The Morgan fingerprint density at radius 2 is 1.70 bits per heavy atom. The number of hydrogen-bond acceptors (Lipinski definition) is 14. The van der Waals surface area contributed by atoms with Gasteiger partial charge in [-0.25, -0.2) is 19.4 Å². The fraction of sp³-hybridized carbons (Fsp3) is 0.341. The molecule has 2 aliphatic heterocycles. The number of piperidine rings is 1. The second kappa shape index (κ2) is 19.9. The van der Waals surface area contributed by atoms with Crippen LogP contribution >= 0.6 is 0 Å². The number of anilines is 3. The highest BCUT2D eigenvalue weighted by molar-refractivity contribution is 6.25. The fourth-order valence-electron chi connectivity index (χ4n) is 7.42. The van der Waals surface area contributed by atoms with Crippen molar-refractivity contribution in [3.8, 4) is 17.1 Å². The molecule has 5 heterocycles. The van der Waals surface area contributed by atoms with Crippen molar-refractivity contribution in [2.75, 3.05) is 61.6 Å². The standard InChI is InChI=1S/C44H43F3N10O10/c45-44(46,47)37-31(51-38(59)32-24-67-40(52-32)27-12-13-50-34(20-27)55(43(63)64)22-26-4-5-26)23-56(54-37)28-8-6-25(7-9-28)21-48-14-16-65-18-19-66-17-15-49-30-3-1-2-29-36(30)42(62)57(41(29)61)33-10-11-35(58)53-39(33)60/h1-3,6-9,12-13,20,23-24,26,33,48-49H,4-5,10-11,14-19,21-22H2,(H,51,59)(H,63,64)(H,53,58,60). The molecule has 1 aliphatic carbocycles. The van der Waals surface area contributed by atoms with Crippen molar-refractivity contribution in [3.05, 3.63) is 101 Å². The number of pyridine rings is 1. The number of alkyl halides is 3. The molecule has 6 amide bonds. The summed E-state index contributed by atoms with van der Waals surface area (Å²) in [6, 6.07) is 13.3. The van der Waals surface area contributed by atoms with Gasteiger partial charge in [0.2, 0.25) is 17.7 Å². The summed E-state index contributed by atoms with van der Waals surface area (Å²) in [7, 11) is 0. The zero-order valence-electron chi connectivity index (χ0n) is 35.5. The van der Waals surface area contributed by atoms with Crippen LogP contribution < -0.4 is 26.2 Å². The van der Waals surface area contributed by atoms with E-state index in [1.807, 2.05) is 0 Å². The number of benzene rings is 2. The molecular weight excluding hydrogens is 886 g/mol. The Kier molecular flexibility index (Phi) is 13.7. The number of nitrogens with zero attached hydrogens (tertiary/aromatic N) is 6. The molecule has 0 bridgehead atoms. The molecule has 1 saturated heterocycles. The van der Waals surface area contributed by atoms with Crippen LogP contribution in [0, 0.1) is 5.92 Å². The summed E-state index contributed by atoms with van der Waals surface area (Å²) in [6.45, 7) is 2.74. The number of ether oxygens (including phenoxy) is 2. The molecule has 20 nitrogen and oxygen atoms in total. The summed E-state index contributed by atoms with van der Waals surface area (Å²) >= 11 is 0. The normalized spacial score (nSPS) is 16.0.